The van der Waals surface area contributed by atoms with Gasteiger partial charge in [0.05, 0.1) is 12.2 Å². The summed E-state index contributed by atoms with van der Waals surface area (Å²) in [7, 11) is 0. The number of nitrogens with zero attached hydrogens (tertiary/aromatic N) is 1. The maximum absolute atomic E-state index is 12.0. The molecule has 0 radical (unpaired) electrons. The van der Waals surface area contributed by atoms with Gasteiger partial charge in [-0.15, -0.1) is 11.3 Å². The number of halogens is 1. The first-order valence-electron chi connectivity index (χ1n) is 6.34. The number of aromatic amines is 1. The normalized spacial score (nSPS) is 10.5. The van der Waals surface area contributed by atoms with Crippen LogP contribution in [0.3, 0.4) is 0 Å². The number of hydrogen-bond donors (Lipinski definition) is 2. The van der Waals surface area contributed by atoms with Gasteiger partial charge in [-0.25, -0.2) is 0 Å². The topological polar surface area (TPSA) is 57.8 Å². The van der Waals surface area contributed by atoms with Crippen molar-refractivity contribution in [3.63, 3.8) is 0 Å². The summed E-state index contributed by atoms with van der Waals surface area (Å²) < 4.78 is 0. The molecule has 0 unspecified atom stereocenters. The van der Waals surface area contributed by atoms with Crippen LogP contribution in [0.4, 0.5) is 0 Å². The Hall–Kier alpha value is -2.11. The monoisotopic (exact) mass is 317 g/mol. The van der Waals surface area contributed by atoms with Crippen molar-refractivity contribution in [2.24, 2.45) is 0 Å². The van der Waals surface area contributed by atoms with E-state index >= 15 is 0 Å². The number of nitrogens with one attached hydrogen (secondary N) is 2. The van der Waals surface area contributed by atoms with Gasteiger partial charge in [0, 0.05) is 15.5 Å². The number of H-pyrrole nitrogens is 1. The Bertz CT molecular complexity index is 752. The molecule has 1 aromatic carbocycles. The molecule has 0 aliphatic heterocycles. The third kappa shape index (κ3) is 3.32. The minimum atomic E-state index is -0.177. The minimum Gasteiger partial charge on any atom is -0.346 e. The summed E-state index contributed by atoms with van der Waals surface area (Å²) in [6, 6.07) is 13.0. The van der Waals surface area contributed by atoms with E-state index in [1.165, 1.54) is 0 Å². The highest BCUT2D eigenvalue weighted by Gasteiger charge is 2.11. The first-order chi connectivity index (χ1) is 10.2. The van der Waals surface area contributed by atoms with Crippen molar-refractivity contribution < 1.29 is 4.79 Å². The van der Waals surface area contributed by atoms with E-state index in [0.29, 0.717) is 23.0 Å². The Kier molecular flexibility index (Phi) is 4.03. The molecule has 0 fully saturated rings. The average molecular weight is 318 g/mol. The van der Waals surface area contributed by atoms with Crippen LogP contribution < -0.4 is 5.32 Å². The molecule has 106 valence electrons. The third-order valence-electron chi connectivity index (χ3n) is 2.95. The number of hydrogen-bond acceptors (Lipinski definition) is 3. The van der Waals surface area contributed by atoms with Crippen LogP contribution >= 0.6 is 22.9 Å². The van der Waals surface area contributed by atoms with Gasteiger partial charge in [-0.1, -0.05) is 29.8 Å². The smallest absolute Gasteiger partial charge is 0.269 e. The molecule has 2 N–H and O–H groups in total. The van der Waals surface area contributed by atoms with Gasteiger partial charge in [-0.3, -0.25) is 9.89 Å². The van der Waals surface area contributed by atoms with E-state index in [-0.39, 0.29) is 5.91 Å². The highest BCUT2D eigenvalue weighted by Crippen LogP contribution is 2.21. The molecule has 2 aromatic heterocycles. The molecule has 0 spiro atoms. The highest BCUT2D eigenvalue weighted by atomic mass is 35.5. The lowest BCUT2D eigenvalue weighted by atomic mass is 10.1. The Morgan fingerprint density at radius 1 is 1.29 bits per heavy atom. The van der Waals surface area contributed by atoms with Crippen LogP contribution in [0, 0.1) is 0 Å². The summed E-state index contributed by atoms with van der Waals surface area (Å²) in [5.41, 5.74) is 2.00. The molecule has 3 aromatic rings. The predicted octanol–water partition coefficient (Wildman–Crippen LogP) is 3.72. The summed E-state index contributed by atoms with van der Waals surface area (Å²) in [4.78, 5) is 13.2. The van der Waals surface area contributed by atoms with Crippen molar-refractivity contribution in [1.29, 1.82) is 0 Å². The van der Waals surface area contributed by atoms with Crippen molar-refractivity contribution in [2.45, 2.75) is 6.54 Å². The van der Waals surface area contributed by atoms with Gasteiger partial charge in [-0.05, 0) is 29.6 Å². The van der Waals surface area contributed by atoms with Crippen molar-refractivity contribution in [2.75, 3.05) is 0 Å². The van der Waals surface area contributed by atoms with E-state index in [4.69, 9.17) is 11.6 Å². The van der Waals surface area contributed by atoms with Gasteiger partial charge in [0.1, 0.15) is 5.69 Å². The second kappa shape index (κ2) is 6.11. The molecular formula is C15H12ClN3OS. The van der Waals surface area contributed by atoms with E-state index in [2.05, 4.69) is 15.5 Å². The molecule has 2 heterocycles. The van der Waals surface area contributed by atoms with Crippen molar-refractivity contribution in [3.05, 3.63) is 63.4 Å². The first kappa shape index (κ1) is 13.9. The molecule has 0 atom stereocenters. The summed E-state index contributed by atoms with van der Waals surface area (Å²) in [6.45, 7) is 0.516. The van der Waals surface area contributed by atoms with Crippen LogP contribution in [0.25, 0.3) is 11.3 Å². The molecule has 4 nitrogen and oxygen atoms in total. The SMILES string of the molecule is O=C(NCc1cccs1)c1cc(-c2cccc(Cl)c2)n[nH]1. The molecule has 0 aliphatic rings. The van der Waals surface area contributed by atoms with Gasteiger partial charge in [0.15, 0.2) is 0 Å². The second-order valence-corrected chi connectivity index (χ2v) is 5.91. The van der Waals surface area contributed by atoms with Crippen molar-refractivity contribution in [1.82, 2.24) is 15.5 Å². The van der Waals surface area contributed by atoms with Crippen LogP contribution in [0.5, 0.6) is 0 Å². The number of carbonyl (C=O) groups is 1. The zero-order valence-electron chi connectivity index (χ0n) is 11.0. The molecular weight excluding hydrogens is 306 g/mol. The summed E-state index contributed by atoms with van der Waals surface area (Å²) >= 11 is 7.56. The van der Waals surface area contributed by atoms with Crippen LogP contribution in [0.1, 0.15) is 15.4 Å². The lowest BCUT2D eigenvalue weighted by molar-refractivity contribution is 0.0946. The first-order valence-corrected chi connectivity index (χ1v) is 7.60. The minimum absolute atomic E-state index is 0.177. The quantitative estimate of drug-likeness (QED) is 0.770. The van der Waals surface area contributed by atoms with Crippen LogP contribution in [0.2, 0.25) is 5.02 Å². The number of benzene rings is 1. The standard InChI is InChI=1S/C15H12ClN3OS/c16-11-4-1-3-10(7-11)13-8-14(19-18-13)15(20)17-9-12-5-2-6-21-12/h1-8H,9H2,(H,17,20)(H,18,19). The molecule has 0 saturated carbocycles. The Labute approximate surface area is 130 Å². The molecule has 0 aliphatic carbocycles. The van der Waals surface area contributed by atoms with Gasteiger partial charge in [-0.2, -0.15) is 5.10 Å². The number of aromatic nitrogens is 2. The molecule has 1 amide bonds. The maximum atomic E-state index is 12.0. The lowest BCUT2D eigenvalue weighted by Crippen LogP contribution is -2.22. The van der Waals surface area contributed by atoms with Gasteiger partial charge in [0.2, 0.25) is 0 Å². The zero-order valence-corrected chi connectivity index (χ0v) is 12.5. The number of rotatable bonds is 4. The van der Waals surface area contributed by atoms with E-state index in [9.17, 15) is 4.79 Å². The Balaban J connectivity index is 1.71. The molecule has 6 heteroatoms. The fourth-order valence-corrected chi connectivity index (χ4v) is 2.74. The number of thiophene rings is 1. The summed E-state index contributed by atoms with van der Waals surface area (Å²) in [5.74, 6) is -0.177. The van der Waals surface area contributed by atoms with Crippen LogP contribution in [-0.4, -0.2) is 16.1 Å². The van der Waals surface area contributed by atoms with Crippen molar-refractivity contribution in [3.8, 4) is 11.3 Å². The van der Waals surface area contributed by atoms with Gasteiger partial charge >= 0.3 is 0 Å². The average Bonchev–Trinajstić information content (AvgIpc) is 3.16. The zero-order chi connectivity index (χ0) is 14.7. The molecule has 3 rings (SSSR count). The number of amides is 1. The summed E-state index contributed by atoms with van der Waals surface area (Å²) in [5, 5.41) is 12.4. The summed E-state index contributed by atoms with van der Waals surface area (Å²) in [6.07, 6.45) is 0. The maximum Gasteiger partial charge on any atom is 0.269 e. The van der Waals surface area contributed by atoms with Gasteiger partial charge < -0.3 is 5.32 Å². The Morgan fingerprint density at radius 2 is 2.19 bits per heavy atom. The highest BCUT2D eigenvalue weighted by molar-refractivity contribution is 7.09. The number of carbonyl (C=O) groups excluding carboxylic acids is 1. The lowest BCUT2D eigenvalue weighted by Gasteiger charge is -2.00. The molecule has 21 heavy (non-hydrogen) atoms. The van der Waals surface area contributed by atoms with E-state index in [0.717, 1.165) is 10.4 Å². The molecule has 0 saturated heterocycles. The Morgan fingerprint density at radius 3 is 2.95 bits per heavy atom. The van der Waals surface area contributed by atoms with Crippen molar-refractivity contribution >= 4 is 28.8 Å². The van der Waals surface area contributed by atoms with E-state index < -0.39 is 0 Å². The fourth-order valence-electron chi connectivity index (χ4n) is 1.91. The second-order valence-electron chi connectivity index (χ2n) is 4.44. The predicted molar refractivity (Wildman–Crippen MR) is 84.5 cm³/mol. The van der Waals surface area contributed by atoms with E-state index in [1.54, 1.807) is 23.5 Å². The largest absolute Gasteiger partial charge is 0.346 e. The van der Waals surface area contributed by atoms with Crippen LogP contribution in [0.15, 0.2) is 47.8 Å². The molecule has 0 bridgehead atoms. The third-order valence-corrected chi connectivity index (χ3v) is 4.06. The van der Waals surface area contributed by atoms with E-state index in [1.807, 2.05) is 35.7 Å². The van der Waals surface area contributed by atoms with Crippen LogP contribution in [-0.2, 0) is 6.54 Å². The fraction of sp³-hybridized carbons (Fsp3) is 0.0667. The van der Waals surface area contributed by atoms with Gasteiger partial charge in [0.25, 0.3) is 5.91 Å².